The van der Waals surface area contributed by atoms with Gasteiger partial charge in [-0.05, 0) is 60.2 Å². The lowest BCUT2D eigenvalue weighted by molar-refractivity contribution is -0.137. The molecule has 0 spiro atoms. The molecular weight excluding hydrogens is 517 g/mol. The highest BCUT2D eigenvalue weighted by Crippen LogP contribution is 2.35. The standard InChI is InChI=1S/C26H21F3N6O4/c1-13-16-8-9-19(18(16)7-6-17(13)24(38)39)33-23(37)21-10-20(34-25-31-12-32-35(21)25)22(36)30-11-14-2-4-15(5-3-14)26(27,28)29/h2-7,10,12,19H,8-9,11H2,1H3,(H,30,36)(H,33,37)(H,38,39)/t19-/m0/s1. The van der Waals surface area contributed by atoms with Gasteiger partial charge in [0.2, 0.25) is 0 Å². The van der Waals surface area contributed by atoms with Gasteiger partial charge in [-0.1, -0.05) is 18.2 Å². The molecule has 0 bridgehead atoms. The van der Waals surface area contributed by atoms with Crippen LogP contribution in [0.15, 0.2) is 48.8 Å². The van der Waals surface area contributed by atoms with Crippen LogP contribution in [0.25, 0.3) is 5.78 Å². The first-order valence-electron chi connectivity index (χ1n) is 11.8. The first-order valence-corrected chi connectivity index (χ1v) is 11.8. The van der Waals surface area contributed by atoms with Crippen LogP contribution in [0.4, 0.5) is 13.2 Å². The SMILES string of the molecule is Cc1c(C(=O)O)ccc2c1CC[C@@H]2NC(=O)c1cc(C(=O)NCc2ccc(C(F)(F)F)cc2)nc2ncnn12. The van der Waals surface area contributed by atoms with E-state index in [1.54, 1.807) is 13.0 Å². The Morgan fingerprint density at radius 3 is 2.54 bits per heavy atom. The molecule has 1 aliphatic rings. The summed E-state index contributed by atoms with van der Waals surface area (Å²) in [6.45, 7) is 1.68. The quantitative estimate of drug-likeness (QED) is 0.342. The number of hydrogen-bond donors (Lipinski definition) is 3. The van der Waals surface area contributed by atoms with E-state index in [2.05, 4.69) is 25.7 Å². The molecule has 1 atom stereocenters. The van der Waals surface area contributed by atoms with Crippen LogP contribution >= 0.6 is 0 Å². The number of rotatable bonds is 6. The molecule has 0 saturated carbocycles. The summed E-state index contributed by atoms with van der Waals surface area (Å²) in [7, 11) is 0. The number of nitrogens with one attached hydrogen (secondary N) is 2. The Balaban J connectivity index is 1.34. The number of halogens is 3. The number of fused-ring (bicyclic) bond motifs is 2. The van der Waals surface area contributed by atoms with E-state index >= 15 is 0 Å². The molecule has 3 N–H and O–H groups in total. The third kappa shape index (κ3) is 5.02. The minimum absolute atomic E-state index is 0.00417. The molecule has 2 heterocycles. The fourth-order valence-electron chi connectivity index (χ4n) is 4.67. The lowest BCUT2D eigenvalue weighted by Gasteiger charge is -2.16. The molecule has 0 fully saturated rings. The van der Waals surface area contributed by atoms with Crippen molar-refractivity contribution in [3.8, 4) is 0 Å². The number of amides is 2. The van der Waals surface area contributed by atoms with Crippen LogP contribution in [0.1, 0.15) is 71.6 Å². The van der Waals surface area contributed by atoms with Gasteiger partial charge in [-0.3, -0.25) is 9.59 Å². The number of carbonyl (C=O) groups is 3. The lowest BCUT2D eigenvalue weighted by atomic mass is 9.98. The summed E-state index contributed by atoms with van der Waals surface area (Å²) in [5.41, 5.74) is 2.10. The summed E-state index contributed by atoms with van der Waals surface area (Å²) >= 11 is 0. The van der Waals surface area contributed by atoms with Crippen LogP contribution in [-0.2, 0) is 19.1 Å². The Bertz CT molecular complexity index is 1610. The molecule has 13 heteroatoms. The van der Waals surface area contributed by atoms with E-state index in [0.717, 1.165) is 23.3 Å². The van der Waals surface area contributed by atoms with E-state index in [1.807, 2.05) is 0 Å². The highest BCUT2D eigenvalue weighted by atomic mass is 19.4. The van der Waals surface area contributed by atoms with Gasteiger partial charge < -0.3 is 15.7 Å². The van der Waals surface area contributed by atoms with E-state index < -0.39 is 29.5 Å². The van der Waals surface area contributed by atoms with E-state index in [4.69, 9.17) is 0 Å². The average Bonchev–Trinajstić information content (AvgIpc) is 3.54. The number of alkyl halides is 3. The van der Waals surface area contributed by atoms with Crippen LogP contribution in [0.3, 0.4) is 0 Å². The van der Waals surface area contributed by atoms with Crippen molar-refractivity contribution in [3.05, 3.63) is 93.6 Å². The third-order valence-corrected chi connectivity index (χ3v) is 6.68. The first-order chi connectivity index (χ1) is 18.5. The zero-order valence-electron chi connectivity index (χ0n) is 20.4. The Hall–Kier alpha value is -4.81. The first kappa shape index (κ1) is 25.8. The zero-order valence-corrected chi connectivity index (χ0v) is 20.4. The van der Waals surface area contributed by atoms with E-state index in [0.29, 0.717) is 24.0 Å². The molecule has 39 heavy (non-hydrogen) atoms. The number of carbonyl (C=O) groups excluding carboxylic acids is 2. The molecule has 4 aromatic rings. The molecule has 2 amide bonds. The van der Waals surface area contributed by atoms with Gasteiger partial charge in [-0.25, -0.2) is 9.78 Å². The van der Waals surface area contributed by atoms with Crippen molar-refractivity contribution in [2.24, 2.45) is 0 Å². The van der Waals surface area contributed by atoms with E-state index in [1.165, 1.54) is 35.1 Å². The molecule has 10 nitrogen and oxygen atoms in total. The molecule has 1 aliphatic carbocycles. The second-order valence-electron chi connectivity index (χ2n) is 9.05. The number of aromatic carboxylic acids is 1. The van der Waals surface area contributed by atoms with Crippen molar-refractivity contribution in [2.45, 2.75) is 38.5 Å². The van der Waals surface area contributed by atoms with Crippen LogP contribution < -0.4 is 10.6 Å². The monoisotopic (exact) mass is 538 g/mol. The molecule has 2 aromatic heterocycles. The molecule has 0 radical (unpaired) electrons. The molecule has 2 aromatic carbocycles. The number of carboxylic acid groups (broad SMARTS) is 1. The maximum atomic E-state index is 13.3. The number of benzene rings is 2. The fourth-order valence-corrected chi connectivity index (χ4v) is 4.67. The predicted octanol–water partition coefficient (Wildman–Crippen LogP) is 3.50. The van der Waals surface area contributed by atoms with Crippen LogP contribution in [0.5, 0.6) is 0 Å². The van der Waals surface area contributed by atoms with Crippen molar-refractivity contribution in [1.29, 1.82) is 0 Å². The number of aromatic nitrogens is 4. The summed E-state index contributed by atoms with van der Waals surface area (Å²) in [5, 5.41) is 18.9. The van der Waals surface area contributed by atoms with Gasteiger partial charge in [-0.15, -0.1) is 0 Å². The maximum Gasteiger partial charge on any atom is 0.416 e. The Kier molecular flexibility index (Phi) is 6.50. The lowest BCUT2D eigenvalue weighted by Crippen LogP contribution is -2.30. The molecule has 5 rings (SSSR count). The van der Waals surface area contributed by atoms with Gasteiger partial charge in [0.25, 0.3) is 17.6 Å². The summed E-state index contributed by atoms with van der Waals surface area (Å²) in [4.78, 5) is 45.7. The van der Waals surface area contributed by atoms with Gasteiger partial charge >= 0.3 is 12.1 Å². The van der Waals surface area contributed by atoms with Gasteiger partial charge in [0.15, 0.2) is 0 Å². The molecular formula is C26H21F3N6O4. The average molecular weight is 538 g/mol. The highest BCUT2D eigenvalue weighted by molar-refractivity contribution is 5.98. The van der Waals surface area contributed by atoms with Crippen LogP contribution in [-0.4, -0.2) is 42.5 Å². The van der Waals surface area contributed by atoms with E-state index in [9.17, 15) is 32.7 Å². The summed E-state index contributed by atoms with van der Waals surface area (Å²) < 4.78 is 39.5. The topological polar surface area (TPSA) is 139 Å². The van der Waals surface area contributed by atoms with Gasteiger partial charge in [0.05, 0.1) is 17.2 Å². The van der Waals surface area contributed by atoms with E-state index in [-0.39, 0.29) is 35.3 Å². The summed E-state index contributed by atoms with van der Waals surface area (Å²) in [6, 6.07) is 8.47. The Morgan fingerprint density at radius 1 is 1.10 bits per heavy atom. The summed E-state index contributed by atoms with van der Waals surface area (Å²) in [6.07, 6.45) is -2.11. The number of hydrogen-bond acceptors (Lipinski definition) is 6. The van der Waals surface area contributed by atoms with Crippen molar-refractivity contribution in [2.75, 3.05) is 0 Å². The third-order valence-electron chi connectivity index (χ3n) is 6.68. The van der Waals surface area contributed by atoms with Crippen molar-refractivity contribution < 1.29 is 32.7 Å². The van der Waals surface area contributed by atoms with Crippen molar-refractivity contribution in [3.63, 3.8) is 0 Å². The molecule has 200 valence electrons. The molecule has 0 saturated heterocycles. The second-order valence-corrected chi connectivity index (χ2v) is 9.05. The van der Waals surface area contributed by atoms with Gasteiger partial charge in [0, 0.05) is 12.6 Å². The van der Waals surface area contributed by atoms with Crippen molar-refractivity contribution in [1.82, 2.24) is 30.2 Å². The zero-order chi connectivity index (χ0) is 27.9. The number of nitrogens with zero attached hydrogens (tertiary/aromatic N) is 4. The maximum absolute atomic E-state index is 13.3. The van der Waals surface area contributed by atoms with Crippen LogP contribution in [0, 0.1) is 6.92 Å². The summed E-state index contributed by atoms with van der Waals surface area (Å²) in [5.74, 6) is -2.20. The number of carboxylic acids is 1. The van der Waals surface area contributed by atoms with Gasteiger partial charge in [0.1, 0.15) is 17.7 Å². The highest BCUT2D eigenvalue weighted by Gasteiger charge is 2.30. The fraction of sp³-hybridized carbons (Fsp3) is 0.231. The normalized spacial score (nSPS) is 14.7. The minimum Gasteiger partial charge on any atom is -0.478 e. The smallest absolute Gasteiger partial charge is 0.416 e. The van der Waals surface area contributed by atoms with Gasteiger partial charge in [-0.2, -0.15) is 27.8 Å². The minimum atomic E-state index is -4.46. The predicted molar refractivity (Wildman–Crippen MR) is 130 cm³/mol. The second kappa shape index (κ2) is 9.82. The Morgan fingerprint density at radius 2 is 1.85 bits per heavy atom. The Labute approximate surface area is 218 Å². The van der Waals surface area contributed by atoms with Crippen LogP contribution in [0.2, 0.25) is 0 Å². The largest absolute Gasteiger partial charge is 0.478 e. The molecule has 0 aliphatic heterocycles. The van der Waals surface area contributed by atoms with Crippen molar-refractivity contribution >= 4 is 23.6 Å². The molecule has 0 unspecified atom stereocenters.